The van der Waals surface area contributed by atoms with Crippen LogP contribution in [0.1, 0.15) is 5.69 Å². The lowest BCUT2D eigenvalue weighted by molar-refractivity contribution is -0.145. The Morgan fingerprint density at radius 3 is 2.48 bits per heavy atom. The largest absolute Gasteiger partial charge is 0.481 e. The highest BCUT2D eigenvalue weighted by atomic mass is 35.5. The summed E-state index contributed by atoms with van der Waals surface area (Å²) in [6, 6.07) is 0.205. The number of allylic oxidation sites excluding steroid dienone is 3. The fraction of sp³-hybridized carbons (Fsp3) is 0.308. The van der Waals surface area contributed by atoms with Crippen LogP contribution in [-0.2, 0) is 23.0 Å². The number of aromatic nitrogens is 2. The molecule has 0 saturated heterocycles. The number of carbonyl (C=O) groups is 1. The number of aliphatic carboxylic acids is 1. The van der Waals surface area contributed by atoms with Crippen molar-refractivity contribution in [2.24, 2.45) is 13.0 Å². The lowest BCUT2D eigenvalue weighted by Gasteiger charge is -2.31. The molecule has 6 nitrogen and oxygen atoms in total. The molecule has 0 aliphatic heterocycles. The predicted molar refractivity (Wildman–Crippen MR) is 74.2 cm³/mol. The second-order valence-electron chi connectivity index (χ2n) is 4.83. The summed E-state index contributed by atoms with van der Waals surface area (Å²) in [6.07, 6.45) is -0.0581. The third kappa shape index (κ3) is 2.72. The van der Waals surface area contributed by atoms with E-state index >= 15 is 0 Å². The van der Waals surface area contributed by atoms with Crippen LogP contribution in [0.3, 0.4) is 0 Å². The summed E-state index contributed by atoms with van der Waals surface area (Å²) in [6.45, 7) is 0. The summed E-state index contributed by atoms with van der Waals surface area (Å²) in [7, 11) is 0.819. The van der Waals surface area contributed by atoms with E-state index in [0.717, 1.165) is 19.2 Å². The van der Waals surface area contributed by atoms with Crippen LogP contribution in [0, 0.1) is 5.92 Å². The maximum Gasteiger partial charge on any atom is 0.431 e. The summed E-state index contributed by atoms with van der Waals surface area (Å²) in [5.41, 5.74) is -4.17. The van der Waals surface area contributed by atoms with Gasteiger partial charge in [0.1, 0.15) is 11.6 Å². The van der Waals surface area contributed by atoms with Gasteiger partial charge in [-0.15, -0.1) is 0 Å². The van der Waals surface area contributed by atoms with Crippen LogP contribution in [0.4, 0.5) is 13.2 Å². The minimum absolute atomic E-state index is 0.205. The van der Waals surface area contributed by atoms with E-state index in [9.17, 15) is 32.7 Å². The van der Waals surface area contributed by atoms with Gasteiger partial charge in [0.15, 0.2) is 5.00 Å². The molecule has 1 heterocycles. The molecular formula is C13H10ClF3N2O4. The van der Waals surface area contributed by atoms with Gasteiger partial charge < -0.3 is 5.11 Å². The van der Waals surface area contributed by atoms with Crippen LogP contribution in [0.25, 0.3) is 0 Å². The van der Waals surface area contributed by atoms with Gasteiger partial charge in [-0.25, -0.2) is 9.36 Å². The van der Waals surface area contributed by atoms with E-state index in [1.54, 1.807) is 0 Å². The maximum atomic E-state index is 12.8. The molecule has 1 N–H and O–H groups in total. The zero-order chi connectivity index (χ0) is 17.6. The number of hydrogen-bond acceptors (Lipinski definition) is 3. The van der Waals surface area contributed by atoms with Gasteiger partial charge in [0, 0.05) is 13.1 Å². The molecule has 0 amide bonds. The average Bonchev–Trinajstić information content (AvgIpc) is 2.41. The van der Waals surface area contributed by atoms with Crippen molar-refractivity contribution in [3.05, 3.63) is 56.9 Å². The van der Waals surface area contributed by atoms with Gasteiger partial charge in [0.25, 0.3) is 5.56 Å². The molecule has 0 radical (unpaired) electrons. The molecule has 10 heteroatoms. The molecule has 2 atom stereocenters. The number of nitrogens with zero attached hydrogens (tertiary/aromatic N) is 2. The van der Waals surface area contributed by atoms with Crippen LogP contribution >= 0.6 is 11.6 Å². The van der Waals surface area contributed by atoms with Gasteiger partial charge in [-0.2, -0.15) is 13.2 Å². The maximum absolute atomic E-state index is 12.8. The Labute approximate surface area is 131 Å². The molecule has 23 heavy (non-hydrogen) atoms. The minimum Gasteiger partial charge on any atom is -0.481 e. The molecule has 1 aliphatic rings. The normalized spacial score (nSPS) is 24.0. The van der Waals surface area contributed by atoms with Gasteiger partial charge in [0.2, 0.25) is 0 Å². The average molecular weight is 351 g/mol. The van der Waals surface area contributed by atoms with Gasteiger partial charge >= 0.3 is 17.8 Å². The highest BCUT2D eigenvalue weighted by Gasteiger charge is 2.44. The summed E-state index contributed by atoms with van der Waals surface area (Å²) < 4.78 is 39.0. The van der Waals surface area contributed by atoms with Crippen molar-refractivity contribution in [1.82, 2.24) is 9.13 Å². The van der Waals surface area contributed by atoms with Gasteiger partial charge in [-0.1, -0.05) is 29.8 Å². The first kappa shape index (κ1) is 17.1. The molecule has 1 aromatic heterocycles. The molecule has 2 unspecified atom stereocenters. The molecular weight excluding hydrogens is 341 g/mol. The fourth-order valence-corrected chi connectivity index (χ4v) is 2.68. The number of halogens is 4. The first-order chi connectivity index (χ1) is 10.5. The Morgan fingerprint density at radius 1 is 1.35 bits per heavy atom. The van der Waals surface area contributed by atoms with Crippen molar-refractivity contribution in [1.29, 1.82) is 0 Å². The zero-order valence-corrected chi connectivity index (χ0v) is 12.3. The Kier molecular flexibility index (Phi) is 4.02. The van der Waals surface area contributed by atoms with Crippen molar-refractivity contribution in [2.75, 3.05) is 0 Å². The number of alkyl halides is 4. The van der Waals surface area contributed by atoms with Crippen LogP contribution < -0.4 is 11.2 Å². The van der Waals surface area contributed by atoms with Crippen LogP contribution in [0.15, 0.2) is 40.0 Å². The molecule has 0 saturated carbocycles. The first-order valence-electron chi connectivity index (χ1n) is 6.18. The third-order valence-corrected chi connectivity index (χ3v) is 3.93. The van der Waals surface area contributed by atoms with E-state index in [1.165, 1.54) is 12.2 Å². The molecule has 0 bridgehead atoms. The van der Waals surface area contributed by atoms with Crippen LogP contribution in [0.5, 0.6) is 0 Å². The SMILES string of the molecule is Cn1c(C(F)(F)F)cc(=O)n(C2(Cl)C=CC=CC2C(=O)O)c1=O. The minimum atomic E-state index is -4.92. The lowest BCUT2D eigenvalue weighted by atomic mass is 9.94. The van der Waals surface area contributed by atoms with Gasteiger partial charge in [0.05, 0.1) is 0 Å². The molecule has 0 spiro atoms. The quantitative estimate of drug-likeness (QED) is 0.815. The van der Waals surface area contributed by atoms with Crippen molar-refractivity contribution in [2.45, 2.75) is 11.2 Å². The van der Waals surface area contributed by atoms with Gasteiger partial charge in [-0.3, -0.25) is 14.2 Å². The first-order valence-corrected chi connectivity index (χ1v) is 6.56. The van der Waals surface area contributed by atoms with Crippen molar-refractivity contribution in [3.8, 4) is 0 Å². The number of hydrogen-bond donors (Lipinski definition) is 1. The van der Waals surface area contributed by atoms with E-state index in [-0.39, 0.29) is 10.6 Å². The number of carboxylic acid groups (broad SMARTS) is 1. The predicted octanol–water partition coefficient (Wildman–Crippen LogP) is 1.28. The van der Waals surface area contributed by atoms with Crippen molar-refractivity contribution >= 4 is 17.6 Å². The standard InChI is InChI=1S/C13H10ClF3N2O4/c1-18-8(13(15,16)17)6-9(20)19(11(18)23)12(14)5-3-2-4-7(12)10(21)22/h2-7H,1H3,(H,21,22). The van der Waals surface area contributed by atoms with Crippen LogP contribution in [0.2, 0.25) is 0 Å². The summed E-state index contributed by atoms with van der Waals surface area (Å²) in [5.74, 6) is -2.94. The lowest BCUT2D eigenvalue weighted by Crippen LogP contribution is -2.53. The van der Waals surface area contributed by atoms with E-state index in [2.05, 4.69) is 0 Å². The highest BCUT2D eigenvalue weighted by molar-refractivity contribution is 6.25. The second kappa shape index (κ2) is 5.41. The van der Waals surface area contributed by atoms with E-state index < -0.39 is 40.0 Å². The zero-order valence-electron chi connectivity index (χ0n) is 11.5. The van der Waals surface area contributed by atoms with E-state index in [0.29, 0.717) is 4.57 Å². The Balaban J connectivity index is 2.80. The molecule has 0 fully saturated rings. The molecule has 0 aromatic carbocycles. The monoisotopic (exact) mass is 350 g/mol. The summed E-state index contributed by atoms with van der Waals surface area (Å²) >= 11 is 6.16. The van der Waals surface area contributed by atoms with Gasteiger partial charge in [-0.05, 0) is 6.08 Å². The topological polar surface area (TPSA) is 81.3 Å². The van der Waals surface area contributed by atoms with Crippen molar-refractivity contribution < 1.29 is 23.1 Å². The Bertz CT molecular complexity index is 837. The fourth-order valence-electron chi connectivity index (χ4n) is 2.29. The van der Waals surface area contributed by atoms with Crippen LogP contribution in [-0.4, -0.2) is 20.2 Å². The summed E-state index contributed by atoms with van der Waals surface area (Å²) in [4.78, 5) is 33.4. The highest BCUT2D eigenvalue weighted by Crippen LogP contribution is 2.35. The Morgan fingerprint density at radius 2 is 1.96 bits per heavy atom. The molecule has 124 valence electrons. The summed E-state index contributed by atoms with van der Waals surface area (Å²) in [5, 5.41) is 9.20. The molecule has 2 rings (SSSR count). The third-order valence-electron chi connectivity index (χ3n) is 3.40. The number of carboxylic acids is 1. The van der Waals surface area contributed by atoms with E-state index in [1.807, 2.05) is 0 Å². The second-order valence-corrected chi connectivity index (χ2v) is 5.44. The molecule has 1 aromatic rings. The van der Waals surface area contributed by atoms with E-state index in [4.69, 9.17) is 11.6 Å². The number of rotatable bonds is 2. The molecule has 1 aliphatic carbocycles. The Hall–Kier alpha value is -2.29. The smallest absolute Gasteiger partial charge is 0.431 e. The van der Waals surface area contributed by atoms with Crippen molar-refractivity contribution in [3.63, 3.8) is 0 Å².